The van der Waals surface area contributed by atoms with Gasteiger partial charge in [0, 0.05) is 12.0 Å². The molecule has 1 unspecified atom stereocenters. The number of esters is 1. The van der Waals surface area contributed by atoms with E-state index >= 15 is 0 Å². The number of ether oxygens (including phenoxy) is 1. The molecule has 2 rings (SSSR count). The molecule has 0 bridgehead atoms. The Labute approximate surface area is 132 Å². The number of ketones is 2. The summed E-state index contributed by atoms with van der Waals surface area (Å²) in [6.07, 6.45) is -0.174. The van der Waals surface area contributed by atoms with E-state index < -0.39 is 11.9 Å². The fourth-order valence-corrected chi connectivity index (χ4v) is 2.73. The second kappa shape index (κ2) is 7.66. The molecule has 1 atom stereocenters. The Morgan fingerprint density at radius 2 is 1.82 bits per heavy atom. The molecule has 1 aromatic heterocycles. The summed E-state index contributed by atoms with van der Waals surface area (Å²) in [5.41, 5.74) is 0.402. The number of thiophene rings is 1. The van der Waals surface area contributed by atoms with Crippen molar-refractivity contribution >= 4 is 28.9 Å². The molecule has 22 heavy (non-hydrogen) atoms. The zero-order valence-electron chi connectivity index (χ0n) is 12.2. The molecule has 0 saturated carbocycles. The molecule has 114 valence electrons. The van der Waals surface area contributed by atoms with Crippen LogP contribution in [0.15, 0.2) is 47.8 Å². The van der Waals surface area contributed by atoms with Crippen molar-refractivity contribution in [2.24, 2.45) is 5.92 Å². The summed E-state index contributed by atoms with van der Waals surface area (Å²) in [6, 6.07) is 11.9. The lowest BCUT2D eigenvalue weighted by Crippen LogP contribution is -2.28. The van der Waals surface area contributed by atoms with E-state index in [1.54, 1.807) is 54.8 Å². The zero-order chi connectivity index (χ0) is 15.9. The van der Waals surface area contributed by atoms with Crippen LogP contribution < -0.4 is 0 Å². The number of hydrogen-bond acceptors (Lipinski definition) is 5. The average Bonchev–Trinajstić information content (AvgIpc) is 3.07. The topological polar surface area (TPSA) is 60.4 Å². The third-order valence-electron chi connectivity index (χ3n) is 3.13. The first-order valence-corrected chi connectivity index (χ1v) is 7.84. The largest absolute Gasteiger partial charge is 0.465 e. The first-order valence-electron chi connectivity index (χ1n) is 6.96. The Morgan fingerprint density at radius 1 is 1.09 bits per heavy atom. The summed E-state index contributed by atoms with van der Waals surface area (Å²) in [7, 11) is 0. The first kappa shape index (κ1) is 16.1. The lowest BCUT2D eigenvalue weighted by atomic mass is 9.92. The molecule has 0 N–H and O–H groups in total. The van der Waals surface area contributed by atoms with Crippen molar-refractivity contribution in [1.82, 2.24) is 0 Å². The van der Waals surface area contributed by atoms with Gasteiger partial charge in [0.2, 0.25) is 0 Å². The van der Waals surface area contributed by atoms with E-state index in [4.69, 9.17) is 4.74 Å². The fourth-order valence-electron chi connectivity index (χ4n) is 2.05. The smallest absolute Gasteiger partial charge is 0.317 e. The number of carbonyl (C=O) groups is 3. The van der Waals surface area contributed by atoms with Crippen LogP contribution in [0.4, 0.5) is 0 Å². The number of Topliss-reactive ketones (excluding diaryl/α,β-unsaturated/α-hetero) is 2. The van der Waals surface area contributed by atoms with Crippen LogP contribution in [0.2, 0.25) is 0 Å². The van der Waals surface area contributed by atoms with Crippen molar-refractivity contribution in [3.63, 3.8) is 0 Å². The predicted molar refractivity (Wildman–Crippen MR) is 84.2 cm³/mol. The van der Waals surface area contributed by atoms with Gasteiger partial charge in [-0.1, -0.05) is 36.4 Å². The summed E-state index contributed by atoms with van der Waals surface area (Å²) in [5.74, 6) is -2.36. The second-order valence-corrected chi connectivity index (χ2v) is 5.59. The van der Waals surface area contributed by atoms with Crippen LogP contribution in [0.25, 0.3) is 0 Å². The molecule has 4 nitrogen and oxygen atoms in total. The Kier molecular flexibility index (Phi) is 5.61. The molecule has 1 heterocycles. The molecular weight excluding hydrogens is 300 g/mol. The van der Waals surface area contributed by atoms with Gasteiger partial charge in [0.15, 0.2) is 11.6 Å². The summed E-state index contributed by atoms with van der Waals surface area (Å²) in [6.45, 7) is 1.84. The molecule has 0 saturated heterocycles. The summed E-state index contributed by atoms with van der Waals surface area (Å²) < 4.78 is 4.96. The minimum Gasteiger partial charge on any atom is -0.465 e. The van der Waals surface area contributed by atoms with Gasteiger partial charge in [-0.15, -0.1) is 11.3 Å². The number of benzene rings is 1. The number of carbonyl (C=O) groups excluding carboxylic acids is 3. The van der Waals surface area contributed by atoms with Gasteiger partial charge >= 0.3 is 5.97 Å². The lowest BCUT2D eigenvalue weighted by molar-refractivity contribution is -0.146. The second-order valence-electron chi connectivity index (χ2n) is 4.64. The molecule has 0 radical (unpaired) electrons. The molecular formula is C17H16O4S. The summed E-state index contributed by atoms with van der Waals surface area (Å²) >= 11 is 1.29. The van der Waals surface area contributed by atoms with E-state index in [0.29, 0.717) is 10.4 Å². The summed E-state index contributed by atoms with van der Waals surface area (Å²) in [5, 5.41) is 1.78. The van der Waals surface area contributed by atoms with E-state index in [2.05, 4.69) is 0 Å². The van der Waals surface area contributed by atoms with Gasteiger partial charge < -0.3 is 4.74 Å². The van der Waals surface area contributed by atoms with Crippen LogP contribution in [-0.4, -0.2) is 24.1 Å². The van der Waals surface area contributed by atoms with Crippen LogP contribution in [-0.2, 0) is 9.53 Å². The Balaban J connectivity index is 2.21. The minimum absolute atomic E-state index is 0.171. The minimum atomic E-state index is -1.10. The monoisotopic (exact) mass is 316 g/mol. The molecule has 1 aromatic carbocycles. The van der Waals surface area contributed by atoms with E-state index in [1.165, 1.54) is 11.3 Å². The number of hydrogen-bond donors (Lipinski definition) is 0. The Morgan fingerprint density at radius 3 is 2.41 bits per heavy atom. The van der Waals surface area contributed by atoms with E-state index in [-0.39, 0.29) is 24.6 Å². The molecule has 0 fully saturated rings. The number of rotatable bonds is 7. The van der Waals surface area contributed by atoms with Gasteiger partial charge in [0.05, 0.1) is 11.5 Å². The fraction of sp³-hybridized carbons (Fsp3) is 0.235. The van der Waals surface area contributed by atoms with Crippen molar-refractivity contribution in [3.8, 4) is 0 Å². The molecule has 5 heteroatoms. The highest BCUT2D eigenvalue weighted by atomic mass is 32.1. The molecule has 0 aliphatic rings. The normalized spacial score (nSPS) is 11.7. The van der Waals surface area contributed by atoms with E-state index in [0.717, 1.165) is 0 Å². The maximum absolute atomic E-state index is 12.5. The third kappa shape index (κ3) is 3.89. The van der Waals surface area contributed by atoms with E-state index in [9.17, 15) is 14.4 Å². The van der Waals surface area contributed by atoms with Crippen LogP contribution >= 0.6 is 11.3 Å². The molecule has 0 aliphatic carbocycles. The average molecular weight is 316 g/mol. The van der Waals surface area contributed by atoms with Crippen LogP contribution in [0.5, 0.6) is 0 Å². The van der Waals surface area contributed by atoms with E-state index in [1.807, 2.05) is 0 Å². The molecule has 0 amide bonds. The highest BCUT2D eigenvalue weighted by Gasteiger charge is 2.31. The Hall–Kier alpha value is -2.27. The van der Waals surface area contributed by atoms with Crippen LogP contribution in [0.3, 0.4) is 0 Å². The van der Waals surface area contributed by atoms with Crippen molar-refractivity contribution in [2.75, 3.05) is 6.61 Å². The first-order chi connectivity index (χ1) is 10.6. The van der Waals surface area contributed by atoms with Crippen molar-refractivity contribution in [1.29, 1.82) is 0 Å². The lowest BCUT2D eigenvalue weighted by Gasteiger charge is -2.13. The van der Waals surface area contributed by atoms with Gasteiger partial charge in [-0.2, -0.15) is 0 Å². The van der Waals surface area contributed by atoms with Gasteiger partial charge in [-0.05, 0) is 18.4 Å². The van der Waals surface area contributed by atoms with Crippen molar-refractivity contribution in [3.05, 3.63) is 58.3 Å². The summed E-state index contributed by atoms with van der Waals surface area (Å²) in [4.78, 5) is 37.3. The van der Waals surface area contributed by atoms with Crippen LogP contribution in [0.1, 0.15) is 33.4 Å². The van der Waals surface area contributed by atoms with Gasteiger partial charge in [-0.25, -0.2) is 0 Å². The van der Waals surface area contributed by atoms with Gasteiger partial charge in [0.25, 0.3) is 0 Å². The predicted octanol–water partition coefficient (Wildman–Crippen LogP) is 3.38. The highest BCUT2D eigenvalue weighted by molar-refractivity contribution is 7.12. The van der Waals surface area contributed by atoms with Crippen LogP contribution in [0, 0.1) is 5.92 Å². The highest BCUT2D eigenvalue weighted by Crippen LogP contribution is 2.20. The van der Waals surface area contributed by atoms with Gasteiger partial charge in [0.1, 0.15) is 5.92 Å². The maximum atomic E-state index is 12.5. The molecule has 0 aliphatic heterocycles. The standard InChI is InChI=1S/C17H16O4S/c1-2-21-17(20)13(11-14(18)15-9-6-10-22-15)16(19)12-7-4-3-5-8-12/h3-10,13H,2,11H2,1H3. The Bertz CT molecular complexity index is 647. The van der Waals surface area contributed by atoms with Gasteiger partial charge in [-0.3, -0.25) is 14.4 Å². The maximum Gasteiger partial charge on any atom is 0.317 e. The van der Waals surface area contributed by atoms with Crippen molar-refractivity contribution < 1.29 is 19.1 Å². The zero-order valence-corrected chi connectivity index (χ0v) is 13.0. The quantitative estimate of drug-likeness (QED) is 0.446. The molecule has 0 spiro atoms. The molecule has 2 aromatic rings. The third-order valence-corrected chi connectivity index (χ3v) is 4.04. The SMILES string of the molecule is CCOC(=O)C(CC(=O)c1cccs1)C(=O)c1ccccc1. The van der Waals surface area contributed by atoms with Crippen molar-refractivity contribution in [2.45, 2.75) is 13.3 Å².